The van der Waals surface area contributed by atoms with Crippen molar-refractivity contribution in [2.24, 2.45) is 0 Å². The summed E-state index contributed by atoms with van der Waals surface area (Å²) in [6, 6.07) is 3.88. The van der Waals surface area contributed by atoms with E-state index in [0.29, 0.717) is 8.95 Å². The summed E-state index contributed by atoms with van der Waals surface area (Å²) in [5, 5.41) is -0.763. The monoisotopic (exact) mass is 465 g/mol. The van der Waals surface area contributed by atoms with Gasteiger partial charge in [0.25, 0.3) is 0 Å². The van der Waals surface area contributed by atoms with Crippen LogP contribution in [0.3, 0.4) is 0 Å². The van der Waals surface area contributed by atoms with E-state index in [2.05, 4.69) is 36.6 Å². The van der Waals surface area contributed by atoms with Crippen LogP contribution < -0.4 is 4.72 Å². The molecule has 0 aliphatic carbocycles. The summed E-state index contributed by atoms with van der Waals surface area (Å²) < 4.78 is 50.9. The molecule has 2 rings (SSSR count). The van der Waals surface area contributed by atoms with E-state index in [1.807, 2.05) is 0 Å². The van der Waals surface area contributed by atoms with E-state index in [1.54, 1.807) is 12.1 Å². The van der Waals surface area contributed by atoms with Crippen LogP contribution in [-0.2, 0) is 19.9 Å². The molecule has 10 heteroatoms. The van der Waals surface area contributed by atoms with Crippen molar-refractivity contribution >= 4 is 63.3 Å². The van der Waals surface area contributed by atoms with Crippen LogP contribution in [0.25, 0.3) is 0 Å². The molecular formula is C10H10Br2ClNO4S2. The maximum Gasteiger partial charge on any atom is 0.242 e. The number of sulfonamides is 1. The predicted octanol–water partition coefficient (Wildman–Crippen LogP) is 1.89. The molecule has 1 saturated heterocycles. The number of hydrogen-bond acceptors (Lipinski definition) is 4. The first-order chi connectivity index (χ1) is 9.11. The maximum atomic E-state index is 12.3. The lowest BCUT2D eigenvalue weighted by Gasteiger charge is -2.15. The summed E-state index contributed by atoms with van der Waals surface area (Å²) in [5.41, 5.74) is 0. The number of sulfone groups is 1. The average Bonchev–Trinajstić information content (AvgIpc) is 2.54. The van der Waals surface area contributed by atoms with Crippen molar-refractivity contribution in [1.82, 2.24) is 4.72 Å². The van der Waals surface area contributed by atoms with Gasteiger partial charge in [0.05, 0.1) is 27.8 Å². The second kappa shape index (κ2) is 5.85. The van der Waals surface area contributed by atoms with Crippen LogP contribution in [0, 0.1) is 0 Å². The Labute approximate surface area is 139 Å². The van der Waals surface area contributed by atoms with Gasteiger partial charge >= 0.3 is 0 Å². The molecule has 0 radical (unpaired) electrons. The highest BCUT2D eigenvalue weighted by atomic mass is 79.9. The van der Waals surface area contributed by atoms with Gasteiger partial charge in [-0.05, 0) is 34.1 Å². The zero-order valence-electron chi connectivity index (χ0n) is 9.88. The Morgan fingerprint density at radius 1 is 1.25 bits per heavy atom. The van der Waals surface area contributed by atoms with Crippen molar-refractivity contribution in [2.75, 3.05) is 11.5 Å². The van der Waals surface area contributed by atoms with Crippen molar-refractivity contribution in [1.29, 1.82) is 0 Å². The van der Waals surface area contributed by atoms with E-state index in [1.165, 1.54) is 6.07 Å². The molecule has 5 nitrogen and oxygen atoms in total. The molecule has 1 aliphatic rings. The van der Waals surface area contributed by atoms with E-state index in [0.717, 1.165) is 0 Å². The molecule has 0 aromatic heterocycles. The Morgan fingerprint density at radius 3 is 2.45 bits per heavy atom. The standard InChI is InChI=1S/C10H10Br2ClNO4S2/c11-6-1-2-7(12)10(3-6)20(17,18)14-9-5-19(15,16)4-8(9)13/h1-3,8-9,14H,4-5H2. The third kappa shape index (κ3) is 3.75. The molecular weight excluding hydrogens is 458 g/mol. The fourth-order valence-electron chi connectivity index (χ4n) is 1.86. The van der Waals surface area contributed by atoms with E-state index < -0.39 is 31.3 Å². The van der Waals surface area contributed by atoms with Gasteiger partial charge in [0.15, 0.2) is 9.84 Å². The number of rotatable bonds is 3. The lowest BCUT2D eigenvalue weighted by Crippen LogP contribution is -2.40. The van der Waals surface area contributed by atoms with Gasteiger partial charge in [-0.2, -0.15) is 0 Å². The van der Waals surface area contributed by atoms with Crippen LogP contribution in [0.2, 0.25) is 0 Å². The van der Waals surface area contributed by atoms with Gasteiger partial charge in [-0.15, -0.1) is 11.6 Å². The molecule has 1 aliphatic heterocycles. The molecule has 2 atom stereocenters. The second-order valence-corrected chi connectivity index (χ2v) is 10.6. The summed E-state index contributed by atoms with van der Waals surface area (Å²) >= 11 is 12.3. The molecule has 1 aromatic carbocycles. The summed E-state index contributed by atoms with van der Waals surface area (Å²) in [6.07, 6.45) is 0. The molecule has 2 unspecified atom stereocenters. The first-order valence-corrected chi connectivity index (χ1v) is 10.8. The minimum absolute atomic E-state index is 0.0278. The molecule has 1 fully saturated rings. The summed E-state index contributed by atoms with van der Waals surface area (Å²) in [5.74, 6) is -0.507. The molecule has 1 N–H and O–H groups in total. The van der Waals surface area contributed by atoms with Crippen LogP contribution in [0.5, 0.6) is 0 Å². The van der Waals surface area contributed by atoms with Crippen molar-refractivity contribution in [3.63, 3.8) is 0 Å². The van der Waals surface area contributed by atoms with Crippen LogP contribution in [0.4, 0.5) is 0 Å². The van der Waals surface area contributed by atoms with Gasteiger partial charge in [-0.25, -0.2) is 21.6 Å². The lowest BCUT2D eigenvalue weighted by atomic mass is 10.3. The topological polar surface area (TPSA) is 80.3 Å². The maximum absolute atomic E-state index is 12.3. The Morgan fingerprint density at radius 2 is 1.90 bits per heavy atom. The summed E-state index contributed by atoms with van der Waals surface area (Å²) in [6.45, 7) is 0. The van der Waals surface area contributed by atoms with Crippen LogP contribution in [0.15, 0.2) is 32.0 Å². The third-order valence-electron chi connectivity index (χ3n) is 2.77. The van der Waals surface area contributed by atoms with Gasteiger partial charge in [-0.3, -0.25) is 0 Å². The highest BCUT2D eigenvalue weighted by molar-refractivity contribution is 9.11. The molecule has 0 spiro atoms. The molecule has 0 bridgehead atoms. The van der Waals surface area contributed by atoms with Crippen molar-refractivity contribution in [2.45, 2.75) is 16.3 Å². The molecule has 112 valence electrons. The van der Waals surface area contributed by atoms with E-state index in [4.69, 9.17) is 11.6 Å². The highest BCUT2D eigenvalue weighted by Gasteiger charge is 2.39. The first kappa shape index (κ1) is 16.7. The average molecular weight is 468 g/mol. The molecule has 0 saturated carbocycles. The number of hydrogen-bond donors (Lipinski definition) is 1. The molecule has 1 aromatic rings. The fourth-order valence-corrected chi connectivity index (χ4v) is 7.37. The van der Waals surface area contributed by atoms with Gasteiger partial charge in [-0.1, -0.05) is 15.9 Å². The summed E-state index contributed by atoms with van der Waals surface area (Å²) in [4.78, 5) is 0.0278. The van der Waals surface area contributed by atoms with Gasteiger partial charge in [0.1, 0.15) is 0 Å². The van der Waals surface area contributed by atoms with E-state index in [-0.39, 0.29) is 16.4 Å². The van der Waals surface area contributed by atoms with Crippen LogP contribution in [0.1, 0.15) is 0 Å². The lowest BCUT2D eigenvalue weighted by molar-refractivity contribution is 0.563. The van der Waals surface area contributed by atoms with Gasteiger partial charge in [0.2, 0.25) is 10.0 Å². The summed E-state index contributed by atoms with van der Waals surface area (Å²) in [7, 11) is -7.15. The zero-order valence-corrected chi connectivity index (χ0v) is 15.4. The van der Waals surface area contributed by atoms with Crippen molar-refractivity contribution < 1.29 is 16.8 Å². The van der Waals surface area contributed by atoms with Gasteiger partial charge < -0.3 is 0 Å². The molecule has 1 heterocycles. The zero-order chi connectivity index (χ0) is 15.1. The molecule has 0 amide bonds. The molecule has 20 heavy (non-hydrogen) atoms. The minimum atomic E-state index is -3.86. The van der Waals surface area contributed by atoms with E-state index >= 15 is 0 Å². The minimum Gasteiger partial charge on any atom is -0.229 e. The number of benzene rings is 1. The number of alkyl halides is 1. The van der Waals surface area contributed by atoms with Gasteiger partial charge in [0, 0.05) is 8.95 Å². The normalized spacial score (nSPS) is 25.8. The number of nitrogens with one attached hydrogen (secondary N) is 1. The van der Waals surface area contributed by atoms with Crippen molar-refractivity contribution in [3.05, 3.63) is 27.1 Å². The third-order valence-corrected chi connectivity index (χ3v) is 8.13. The Kier molecular flexibility index (Phi) is 4.88. The number of halogens is 3. The first-order valence-electron chi connectivity index (χ1n) is 5.42. The quantitative estimate of drug-likeness (QED) is 0.689. The Bertz CT molecular complexity index is 736. The Hall–Kier alpha value is 0.330. The predicted molar refractivity (Wildman–Crippen MR) is 84.2 cm³/mol. The highest BCUT2D eigenvalue weighted by Crippen LogP contribution is 2.27. The smallest absolute Gasteiger partial charge is 0.229 e. The fraction of sp³-hybridized carbons (Fsp3) is 0.400. The second-order valence-electron chi connectivity index (χ2n) is 4.40. The van der Waals surface area contributed by atoms with Crippen LogP contribution in [-0.4, -0.2) is 39.8 Å². The SMILES string of the molecule is O=S1(=O)CC(Cl)C(NS(=O)(=O)c2cc(Br)ccc2Br)C1. The van der Waals surface area contributed by atoms with Crippen molar-refractivity contribution in [3.8, 4) is 0 Å². The Balaban J connectivity index is 2.31. The van der Waals surface area contributed by atoms with Crippen LogP contribution >= 0.6 is 43.5 Å². The van der Waals surface area contributed by atoms with E-state index in [9.17, 15) is 16.8 Å². The largest absolute Gasteiger partial charge is 0.242 e.